The van der Waals surface area contributed by atoms with Crippen LogP contribution < -0.4 is 23.8 Å². The lowest BCUT2D eigenvalue weighted by Gasteiger charge is -2.32. The molecule has 1 N–H and O–H groups in total. The van der Waals surface area contributed by atoms with E-state index in [0.717, 1.165) is 15.4 Å². The molecule has 0 saturated carbocycles. The lowest BCUT2D eigenvalue weighted by molar-refractivity contribution is -0.139. The first-order valence-electron chi connectivity index (χ1n) is 14.0. The first kappa shape index (κ1) is 33.3. The minimum atomic E-state index is -4.28. The van der Waals surface area contributed by atoms with Crippen LogP contribution in [0.1, 0.15) is 38.3 Å². The number of nitrogens with zero attached hydrogens (tertiary/aromatic N) is 2. The van der Waals surface area contributed by atoms with Crippen LogP contribution in [-0.4, -0.2) is 65.1 Å². The molecule has 0 saturated heterocycles. The number of benzene rings is 3. The Hall–Kier alpha value is -4.25. The number of rotatable bonds is 14. The molecule has 0 aliphatic rings. The lowest BCUT2D eigenvalue weighted by atomic mass is 10.1. The number of carbonyl (C=O) groups is 2. The number of sulfonamides is 1. The van der Waals surface area contributed by atoms with E-state index < -0.39 is 28.5 Å². The third-order valence-electron chi connectivity index (χ3n) is 7.20. The molecule has 11 heteroatoms. The predicted molar refractivity (Wildman–Crippen MR) is 166 cm³/mol. The number of hydrogen-bond acceptors (Lipinski definition) is 7. The number of aryl methyl sites for hydroxylation is 1. The molecule has 0 aromatic heterocycles. The highest BCUT2D eigenvalue weighted by Gasteiger charge is 2.33. The highest BCUT2D eigenvalue weighted by atomic mass is 32.2. The first-order chi connectivity index (χ1) is 20.4. The normalized spacial score (nSPS) is 12.5. The van der Waals surface area contributed by atoms with E-state index in [0.29, 0.717) is 23.6 Å². The molecule has 3 rings (SSSR count). The van der Waals surface area contributed by atoms with Gasteiger partial charge in [0.25, 0.3) is 10.0 Å². The number of hydrogen-bond donors (Lipinski definition) is 1. The highest BCUT2D eigenvalue weighted by molar-refractivity contribution is 7.92. The monoisotopic (exact) mass is 611 g/mol. The summed E-state index contributed by atoms with van der Waals surface area (Å²) in [5.41, 5.74) is 1.95. The first-order valence-corrected chi connectivity index (χ1v) is 15.4. The lowest BCUT2D eigenvalue weighted by Crippen LogP contribution is -2.52. The Bertz CT molecular complexity index is 1510. The summed E-state index contributed by atoms with van der Waals surface area (Å²) >= 11 is 0. The fourth-order valence-corrected chi connectivity index (χ4v) is 5.79. The van der Waals surface area contributed by atoms with Gasteiger partial charge in [-0.1, -0.05) is 36.8 Å². The van der Waals surface area contributed by atoms with Crippen molar-refractivity contribution in [3.8, 4) is 17.2 Å². The molecule has 0 spiro atoms. The van der Waals surface area contributed by atoms with Crippen LogP contribution in [0.2, 0.25) is 0 Å². The second-order valence-corrected chi connectivity index (χ2v) is 12.1. The summed E-state index contributed by atoms with van der Waals surface area (Å²) in [4.78, 5) is 28.6. The summed E-state index contributed by atoms with van der Waals surface area (Å²) in [6.45, 7) is 6.86. The van der Waals surface area contributed by atoms with Crippen LogP contribution in [0.5, 0.6) is 17.2 Å². The minimum absolute atomic E-state index is 0.0588. The van der Waals surface area contributed by atoms with Gasteiger partial charge in [-0.15, -0.1) is 0 Å². The number of ether oxygens (including phenoxy) is 3. The van der Waals surface area contributed by atoms with Gasteiger partial charge in [0.15, 0.2) is 11.5 Å². The average molecular weight is 612 g/mol. The Kier molecular flexibility index (Phi) is 11.4. The van der Waals surface area contributed by atoms with E-state index in [4.69, 9.17) is 14.2 Å². The highest BCUT2D eigenvalue weighted by Crippen LogP contribution is 2.32. The Balaban J connectivity index is 2.07. The Labute approximate surface area is 254 Å². The summed E-state index contributed by atoms with van der Waals surface area (Å²) in [7, 11) is 0.140. The standard InChI is InChI=1S/C32H41N3O7S/c1-8-23(3)33-32(37)24(4)34(20-25-10-9-11-27(18-25)40-5)31(36)21-35(26-14-12-22(2)13-15-26)43(38,39)28-16-17-29(41-6)30(19-28)42-7/h9-19,23-24H,8,20-21H2,1-7H3,(H,33,37)/t23-,24-/m1/s1. The van der Waals surface area contributed by atoms with Gasteiger partial charge in [-0.05, 0) is 69.2 Å². The van der Waals surface area contributed by atoms with Crippen molar-refractivity contribution in [1.29, 1.82) is 0 Å². The fourth-order valence-electron chi connectivity index (χ4n) is 4.36. The van der Waals surface area contributed by atoms with E-state index in [-0.39, 0.29) is 29.1 Å². The van der Waals surface area contributed by atoms with Gasteiger partial charge >= 0.3 is 0 Å². The van der Waals surface area contributed by atoms with Gasteiger partial charge in [0, 0.05) is 18.7 Å². The molecule has 232 valence electrons. The molecule has 0 fully saturated rings. The molecular weight excluding hydrogens is 570 g/mol. The third kappa shape index (κ3) is 8.19. The van der Waals surface area contributed by atoms with Gasteiger partial charge < -0.3 is 24.4 Å². The molecule has 0 heterocycles. The molecule has 10 nitrogen and oxygen atoms in total. The van der Waals surface area contributed by atoms with Gasteiger partial charge in [-0.25, -0.2) is 8.42 Å². The molecule has 43 heavy (non-hydrogen) atoms. The van der Waals surface area contributed by atoms with Crippen molar-refractivity contribution in [3.63, 3.8) is 0 Å². The quantitative estimate of drug-likeness (QED) is 0.285. The smallest absolute Gasteiger partial charge is 0.264 e. The van der Waals surface area contributed by atoms with E-state index in [1.807, 2.05) is 26.8 Å². The second-order valence-electron chi connectivity index (χ2n) is 10.2. The number of nitrogens with one attached hydrogen (secondary N) is 1. The average Bonchev–Trinajstić information content (AvgIpc) is 3.01. The zero-order valence-electron chi connectivity index (χ0n) is 25.8. The van der Waals surface area contributed by atoms with Crippen molar-refractivity contribution in [2.75, 3.05) is 32.2 Å². The SMILES string of the molecule is CC[C@@H](C)NC(=O)[C@@H](C)N(Cc1cccc(OC)c1)C(=O)CN(c1ccc(C)cc1)S(=O)(=O)c1ccc(OC)c(OC)c1. The topological polar surface area (TPSA) is 114 Å². The molecule has 0 unspecified atom stereocenters. The van der Waals surface area contributed by atoms with E-state index >= 15 is 0 Å². The van der Waals surface area contributed by atoms with E-state index in [1.165, 1.54) is 37.3 Å². The predicted octanol–water partition coefficient (Wildman–Crippen LogP) is 4.55. The van der Waals surface area contributed by atoms with Crippen molar-refractivity contribution < 1.29 is 32.2 Å². The molecule has 0 aliphatic carbocycles. The van der Waals surface area contributed by atoms with Crippen LogP contribution in [0.25, 0.3) is 0 Å². The van der Waals surface area contributed by atoms with Gasteiger partial charge in [-0.2, -0.15) is 0 Å². The van der Waals surface area contributed by atoms with Crippen LogP contribution in [0.15, 0.2) is 71.6 Å². The number of carbonyl (C=O) groups excluding carboxylic acids is 2. The minimum Gasteiger partial charge on any atom is -0.497 e. The zero-order chi connectivity index (χ0) is 31.7. The molecule has 2 amide bonds. The van der Waals surface area contributed by atoms with Crippen molar-refractivity contribution in [3.05, 3.63) is 77.9 Å². The van der Waals surface area contributed by atoms with Gasteiger partial charge in [-0.3, -0.25) is 13.9 Å². The maximum atomic E-state index is 14.1. The van der Waals surface area contributed by atoms with Crippen LogP contribution >= 0.6 is 0 Å². The van der Waals surface area contributed by atoms with Crippen molar-refractivity contribution in [2.24, 2.45) is 0 Å². The largest absolute Gasteiger partial charge is 0.497 e. The zero-order valence-corrected chi connectivity index (χ0v) is 26.6. The molecule has 0 bridgehead atoms. The number of anilines is 1. The summed E-state index contributed by atoms with van der Waals surface area (Å²) in [6, 6.07) is 17.3. The van der Waals surface area contributed by atoms with Gasteiger partial charge in [0.2, 0.25) is 11.8 Å². The molecule has 0 radical (unpaired) electrons. The number of amides is 2. The molecule has 0 aliphatic heterocycles. The van der Waals surface area contributed by atoms with Crippen molar-refractivity contribution >= 4 is 27.5 Å². The van der Waals surface area contributed by atoms with Crippen LogP contribution in [0, 0.1) is 6.92 Å². The van der Waals surface area contributed by atoms with E-state index in [9.17, 15) is 18.0 Å². The summed E-state index contributed by atoms with van der Waals surface area (Å²) in [5, 5.41) is 2.93. The molecule has 3 aromatic rings. The Morgan fingerprint density at radius 2 is 1.56 bits per heavy atom. The van der Waals surface area contributed by atoms with Crippen molar-refractivity contribution in [2.45, 2.75) is 57.6 Å². The Morgan fingerprint density at radius 3 is 2.16 bits per heavy atom. The summed E-state index contributed by atoms with van der Waals surface area (Å²) < 4.78 is 45.3. The van der Waals surface area contributed by atoms with E-state index in [2.05, 4.69) is 5.32 Å². The van der Waals surface area contributed by atoms with Gasteiger partial charge in [0.1, 0.15) is 18.3 Å². The van der Waals surface area contributed by atoms with Crippen LogP contribution in [0.3, 0.4) is 0 Å². The fraction of sp³-hybridized carbons (Fsp3) is 0.375. The third-order valence-corrected chi connectivity index (χ3v) is 8.97. The molecule has 2 atom stereocenters. The summed E-state index contributed by atoms with van der Waals surface area (Å²) in [6.07, 6.45) is 0.715. The molecule has 3 aromatic carbocycles. The maximum Gasteiger partial charge on any atom is 0.264 e. The van der Waals surface area contributed by atoms with Crippen LogP contribution in [0.4, 0.5) is 5.69 Å². The molecular formula is C32H41N3O7S. The summed E-state index contributed by atoms with van der Waals surface area (Å²) in [5.74, 6) is 0.298. The van der Waals surface area contributed by atoms with Crippen LogP contribution in [-0.2, 0) is 26.2 Å². The maximum absolute atomic E-state index is 14.1. The van der Waals surface area contributed by atoms with Gasteiger partial charge in [0.05, 0.1) is 31.9 Å². The Morgan fingerprint density at radius 1 is 0.884 bits per heavy atom. The number of methoxy groups -OCH3 is 3. The van der Waals surface area contributed by atoms with E-state index in [1.54, 1.807) is 56.5 Å². The van der Waals surface area contributed by atoms with Crippen molar-refractivity contribution in [1.82, 2.24) is 10.2 Å². The second kappa shape index (κ2) is 14.8.